The number of nitrogens with zero attached hydrogens (tertiary/aromatic N) is 2. The van der Waals surface area contributed by atoms with Crippen LogP contribution in [0.15, 0.2) is 41.6 Å². The molecule has 4 heteroatoms. The first-order valence-corrected chi connectivity index (χ1v) is 6.71. The Morgan fingerprint density at radius 3 is 2.29 bits per heavy atom. The molecule has 0 fully saturated rings. The van der Waals surface area contributed by atoms with Crippen molar-refractivity contribution in [3.05, 3.63) is 42.2 Å². The maximum Gasteiger partial charge on any atom is 0.159 e. The Hall–Kier alpha value is -1.39. The molecule has 0 aliphatic heterocycles. The third-order valence-corrected chi connectivity index (χ3v) is 3.23. The van der Waals surface area contributed by atoms with Gasteiger partial charge in [0.05, 0.1) is 0 Å². The van der Waals surface area contributed by atoms with Gasteiger partial charge in [-0.15, -0.1) is 11.8 Å². The van der Waals surface area contributed by atoms with Crippen molar-refractivity contribution >= 4 is 11.8 Å². The molecule has 1 heterocycles. The molecule has 0 spiro atoms. The molecular weight excluding hydrogens is 230 g/mol. The van der Waals surface area contributed by atoms with Gasteiger partial charge in [0, 0.05) is 22.9 Å². The summed E-state index contributed by atoms with van der Waals surface area (Å²) in [5.74, 6) is 0.762. The Kier molecular flexibility index (Phi) is 4.12. The lowest BCUT2D eigenvalue weighted by Crippen LogP contribution is -2.03. The summed E-state index contributed by atoms with van der Waals surface area (Å²) in [6.07, 6.45) is 6.58. The first-order chi connectivity index (χ1) is 8.33. The van der Waals surface area contributed by atoms with E-state index < -0.39 is 0 Å². The molecule has 0 bridgehead atoms. The fourth-order valence-corrected chi connectivity index (χ4v) is 1.95. The molecule has 0 amide bonds. The van der Waals surface area contributed by atoms with Crippen LogP contribution in [0.25, 0.3) is 11.4 Å². The Morgan fingerprint density at radius 1 is 1.12 bits per heavy atom. The zero-order valence-corrected chi connectivity index (χ0v) is 10.6. The molecule has 2 rings (SSSR count). The number of rotatable bonds is 4. The van der Waals surface area contributed by atoms with E-state index in [1.165, 1.54) is 4.90 Å². The number of benzene rings is 1. The number of thioether (sulfide) groups is 1. The van der Waals surface area contributed by atoms with E-state index in [-0.39, 0.29) is 0 Å². The van der Waals surface area contributed by atoms with Crippen molar-refractivity contribution in [3.8, 4) is 11.4 Å². The van der Waals surface area contributed by atoms with Crippen molar-refractivity contribution in [3.63, 3.8) is 0 Å². The van der Waals surface area contributed by atoms with Crippen LogP contribution < -0.4 is 5.73 Å². The highest BCUT2D eigenvalue weighted by molar-refractivity contribution is 7.98. The van der Waals surface area contributed by atoms with Crippen LogP contribution in [0.3, 0.4) is 0 Å². The third-order valence-electron chi connectivity index (χ3n) is 2.49. The lowest BCUT2D eigenvalue weighted by Gasteiger charge is -2.02. The number of nitrogens with two attached hydrogens (primary N) is 1. The molecule has 17 heavy (non-hydrogen) atoms. The van der Waals surface area contributed by atoms with Gasteiger partial charge in [-0.1, -0.05) is 12.1 Å². The second-order valence-electron chi connectivity index (χ2n) is 3.68. The molecule has 88 valence electrons. The minimum atomic E-state index is 0.630. The van der Waals surface area contributed by atoms with Crippen LogP contribution in [-0.4, -0.2) is 22.8 Å². The maximum absolute atomic E-state index is 5.48. The molecule has 0 atom stereocenters. The standard InChI is InChI=1S/C13H15N3S/c1-17-12-4-2-11(3-5-12)13-15-8-10(6-7-14)9-16-13/h2-5,8-9H,6-7,14H2,1H3. The van der Waals surface area contributed by atoms with Gasteiger partial charge in [0.25, 0.3) is 0 Å². The summed E-state index contributed by atoms with van der Waals surface area (Å²) in [4.78, 5) is 9.94. The average Bonchev–Trinajstić information content (AvgIpc) is 2.40. The van der Waals surface area contributed by atoms with E-state index in [4.69, 9.17) is 5.73 Å². The van der Waals surface area contributed by atoms with Crippen molar-refractivity contribution in [2.45, 2.75) is 11.3 Å². The molecule has 2 N–H and O–H groups in total. The van der Waals surface area contributed by atoms with Crippen LogP contribution in [0.2, 0.25) is 0 Å². The Balaban J connectivity index is 2.20. The van der Waals surface area contributed by atoms with Crippen LogP contribution in [0.5, 0.6) is 0 Å². The first-order valence-electron chi connectivity index (χ1n) is 5.49. The largest absolute Gasteiger partial charge is 0.330 e. The SMILES string of the molecule is CSc1ccc(-c2ncc(CCN)cn2)cc1. The van der Waals surface area contributed by atoms with Gasteiger partial charge in [-0.05, 0) is 36.9 Å². The Bertz CT molecular complexity index is 465. The van der Waals surface area contributed by atoms with Crippen molar-refractivity contribution in [2.24, 2.45) is 5.73 Å². The minimum absolute atomic E-state index is 0.630. The molecule has 0 saturated carbocycles. The van der Waals surface area contributed by atoms with E-state index in [9.17, 15) is 0 Å². The monoisotopic (exact) mass is 245 g/mol. The van der Waals surface area contributed by atoms with E-state index in [1.807, 2.05) is 24.5 Å². The summed E-state index contributed by atoms with van der Waals surface area (Å²) in [6.45, 7) is 0.630. The average molecular weight is 245 g/mol. The zero-order chi connectivity index (χ0) is 12.1. The zero-order valence-electron chi connectivity index (χ0n) is 9.76. The second-order valence-corrected chi connectivity index (χ2v) is 4.56. The second kappa shape index (κ2) is 5.80. The molecule has 3 nitrogen and oxygen atoms in total. The molecule has 0 unspecified atom stereocenters. The molecule has 0 aliphatic rings. The van der Waals surface area contributed by atoms with Gasteiger partial charge in [-0.25, -0.2) is 9.97 Å². The highest BCUT2D eigenvalue weighted by Crippen LogP contribution is 2.20. The third kappa shape index (κ3) is 3.05. The fourth-order valence-electron chi connectivity index (χ4n) is 1.54. The maximum atomic E-state index is 5.48. The van der Waals surface area contributed by atoms with Gasteiger partial charge in [0.2, 0.25) is 0 Å². The van der Waals surface area contributed by atoms with Gasteiger partial charge in [-0.3, -0.25) is 0 Å². The first kappa shape index (κ1) is 12.1. The minimum Gasteiger partial charge on any atom is -0.330 e. The highest BCUT2D eigenvalue weighted by Gasteiger charge is 2.01. The lowest BCUT2D eigenvalue weighted by molar-refractivity contribution is 0.943. The summed E-state index contributed by atoms with van der Waals surface area (Å²) in [5, 5.41) is 0. The van der Waals surface area contributed by atoms with Crippen LogP contribution in [0, 0.1) is 0 Å². The van der Waals surface area contributed by atoms with Crippen LogP contribution in [0.4, 0.5) is 0 Å². The summed E-state index contributed by atoms with van der Waals surface area (Å²) in [7, 11) is 0. The normalized spacial score (nSPS) is 10.5. The van der Waals surface area contributed by atoms with Gasteiger partial charge in [0.1, 0.15) is 0 Å². The smallest absolute Gasteiger partial charge is 0.159 e. The fraction of sp³-hybridized carbons (Fsp3) is 0.231. The van der Waals surface area contributed by atoms with E-state index in [0.717, 1.165) is 23.4 Å². The Labute approximate surface area is 105 Å². The van der Waals surface area contributed by atoms with Crippen molar-refractivity contribution < 1.29 is 0 Å². The number of hydrogen-bond donors (Lipinski definition) is 1. The molecule has 0 saturated heterocycles. The number of hydrogen-bond acceptors (Lipinski definition) is 4. The predicted octanol–water partition coefficient (Wildman–Crippen LogP) is 2.37. The Morgan fingerprint density at radius 2 is 1.76 bits per heavy atom. The molecule has 1 aromatic heterocycles. The van der Waals surface area contributed by atoms with E-state index in [1.54, 1.807) is 11.8 Å². The lowest BCUT2D eigenvalue weighted by atomic mass is 10.2. The molecular formula is C13H15N3S. The summed E-state index contributed by atoms with van der Waals surface area (Å²) >= 11 is 1.73. The summed E-state index contributed by atoms with van der Waals surface area (Å²) in [5.41, 5.74) is 7.61. The van der Waals surface area contributed by atoms with E-state index in [2.05, 4.69) is 28.4 Å². The van der Waals surface area contributed by atoms with Crippen LogP contribution in [0.1, 0.15) is 5.56 Å². The van der Waals surface area contributed by atoms with Crippen molar-refractivity contribution in [1.82, 2.24) is 9.97 Å². The summed E-state index contributed by atoms with van der Waals surface area (Å²) in [6, 6.07) is 8.25. The molecule has 1 aromatic carbocycles. The van der Waals surface area contributed by atoms with Gasteiger partial charge in [0.15, 0.2) is 5.82 Å². The predicted molar refractivity (Wildman–Crippen MR) is 72.0 cm³/mol. The summed E-state index contributed by atoms with van der Waals surface area (Å²) < 4.78 is 0. The van der Waals surface area contributed by atoms with Crippen LogP contribution in [-0.2, 0) is 6.42 Å². The molecule has 2 aromatic rings. The van der Waals surface area contributed by atoms with E-state index >= 15 is 0 Å². The van der Waals surface area contributed by atoms with Crippen LogP contribution >= 0.6 is 11.8 Å². The highest BCUT2D eigenvalue weighted by atomic mass is 32.2. The quantitative estimate of drug-likeness (QED) is 0.840. The number of aromatic nitrogens is 2. The van der Waals surface area contributed by atoms with Crippen molar-refractivity contribution in [2.75, 3.05) is 12.8 Å². The van der Waals surface area contributed by atoms with Gasteiger partial charge in [-0.2, -0.15) is 0 Å². The molecule has 0 radical (unpaired) electrons. The van der Waals surface area contributed by atoms with E-state index in [0.29, 0.717) is 6.54 Å². The van der Waals surface area contributed by atoms with Gasteiger partial charge >= 0.3 is 0 Å². The van der Waals surface area contributed by atoms with Gasteiger partial charge < -0.3 is 5.73 Å². The molecule has 0 aliphatic carbocycles. The topological polar surface area (TPSA) is 51.8 Å². The van der Waals surface area contributed by atoms with Crippen molar-refractivity contribution in [1.29, 1.82) is 0 Å².